The smallest absolute Gasteiger partial charge is 0.351 e. The van der Waals surface area contributed by atoms with Crippen LogP contribution in [0, 0.1) is 6.92 Å². The molecule has 2 heterocycles. The molecule has 0 bridgehead atoms. The number of benzene rings is 3. The van der Waals surface area contributed by atoms with Gasteiger partial charge in [-0.15, -0.1) is 0 Å². The first-order chi connectivity index (χ1) is 17.4. The van der Waals surface area contributed by atoms with Crippen molar-refractivity contribution in [2.24, 2.45) is 0 Å². The molecule has 3 aromatic carbocycles. The first-order valence-corrected chi connectivity index (χ1v) is 10.9. The molecule has 0 fully saturated rings. The van der Waals surface area contributed by atoms with Crippen LogP contribution in [0.15, 0.2) is 85.2 Å². The average molecular weight is 484 g/mol. The van der Waals surface area contributed by atoms with E-state index < -0.39 is 17.0 Å². The van der Waals surface area contributed by atoms with E-state index in [1.54, 1.807) is 60.7 Å². The van der Waals surface area contributed by atoms with Crippen molar-refractivity contribution < 1.29 is 27.8 Å². The van der Waals surface area contributed by atoms with Gasteiger partial charge in [-0.05, 0) is 55.0 Å². The lowest BCUT2D eigenvalue weighted by Crippen LogP contribution is -2.22. The Kier molecular flexibility index (Phi) is 5.77. The van der Waals surface area contributed by atoms with Gasteiger partial charge in [-0.1, -0.05) is 24.3 Å². The van der Waals surface area contributed by atoms with Gasteiger partial charge in [0.2, 0.25) is 11.2 Å². The highest BCUT2D eigenvalue weighted by Crippen LogP contribution is 2.37. The molecule has 8 nitrogen and oxygen atoms in total. The minimum Gasteiger partial charge on any atom is -0.493 e. The quantitative estimate of drug-likeness (QED) is 0.250. The predicted molar refractivity (Wildman–Crippen MR) is 133 cm³/mol. The van der Waals surface area contributed by atoms with Gasteiger partial charge >= 0.3 is 11.6 Å². The van der Waals surface area contributed by atoms with Crippen LogP contribution in [0.3, 0.4) is 0 Å². The summed E-state index contributed by atoms with van der Waals surface area (Å²) in [5.41, 5.74) is 0.117. The van der Waals surface area contributed by atoms with Gasteiger partial charge < -0.3 is 23.0 Å². The van der Waals surface area contributed by atoms with Gasteiger partial charge in [-0.3, -0.25) is 4.79 Å². The maximum absolute atomic E-state index is 13.5. The van der Waals surface area contributed by atoms with E-state index in [0.717, 1.165) is 5.56 Å². The number of rotatable bonds is 5. The third-order valence-corrected chi connectivity index (χ3v) is 5.71. The largest absolute Gasteiger partial charge is 0.493 e. The standard InChI is InChI=1S/C28H20O8/c1-15-8-10-18-22(12-15)34-25(17-9-11-21(32-2)23(14-17)33-3)26(24(18)29)36-28(31)19-13-16-6-4-5-7-20(16)35-27(19)30/h4-14H,1-3H3. The molecule has 5 aromatic rings. The molecule has 180 valence electrons. The number of hydrogen-bond acceptors (Lipinski definition) is 8. The molecule has 0 aliphatic heterocycles. The molecular weight excluding hydrogens is 464 g/mol. The summed E-state index contributed by atoms with van der Waals surface area (Å²) in [4.78, 5) is 39.1. The lowest BCUT2D eigenvalue weighted by Gasteiger charge is -2.13. The number of para-hydroxylation sites is 1. The Labute approximate surface area is 204 Å². The summed E-state index contributed by atoms with van der Waals surface area (Å²) in [6, 6.07) is 18.1. The molecule has 0 N–H and O–H groups in total. The highest BCUT2D eigenvalue weighted by Gasteiger charge is 2.24. The molecule has 0 aliphatic carbocycles. The number of hydrogen-bond donors (Lipinski definition) is 0. The van der Waals surface area contributed by atoms with E-state index in [1.165, 1.54) is 20.3 Å². The molecule has 0 saturated heterocycles. The van der Waals surface area contributed by atoms with Crippen LogP contribution in [0.2, 0.25) is 0 Å². The third-order valence-electron chi connectivity index (χ3n) is 5.71. The molecule has 8 heteroatoms. The number of fused-ring (bicyclic) bond motifs is 2. The second-order valence-corrected chi connectivity index (χ2v) is 8.03. The number of methoxy groups -OCH3 is 2. The molecule has 0 atom stereocenters. The lowest BCUT2D eigenvalue weighted by atomic mass is 10.1. The molecule has 0 unspecified atom stereocenters. The van der Waals surface area contributed by atoms with E-state index in [1.807, 2.05) is 6.92 Å². The molecule has 0 radical (unpaired) electrons. The summed E-state index contributed by atoms with van der Waals surface area (Å²) in [7, 11) is 2.97. The van der Waals surface area contributed by atoms with Crippen molar-refractivity contribution in [3.8, 4) is 28.6 Å². The van der Waals surface area contributed by atoms with E-state index in [4.69, 9.17) is 23.0 Å². The first kappa shape index (κ1) is 22.9. The number of carbonyl (C=O) groups excluding carboxylic acids is 1. The summed E-state index contributed by atoms with van der Waals surface area (Å²) in [5.74, 6) is -0.564. The minimum absolute atomic E-state index is 0.00224. The Bertz CT molecular complexity index is 1760. The SMILES string of the molecule is COc1ccc(-c2oc3cc(C)ccc3c(=O)c2OC(=O)c2cc3ccccc3oc2=O)cc1OC. The van der Waals surface area contributed by atoms with E-state index in [-0.39, 0.29) is 22.5 Å². The maximum Gasteiger partial charge on any atom is 0.351 e. The van der Waals surface area contributed by atoms with Crippen LogP contribution in [-0.2, 0) is 0 Å². The molecular formula is C28H20O8. The van der Waals surface area contributed by atoms with Crippen LogP contribution in [0.25, 0.3) is 33.3 Å². The molecule has 0 spiro atoms. The summed E-state index contributed by atoms with van der Waals surface area (Å²) in [5, 5.41) is 0.753. The zero-order valence-corrected chi connectivity index (χ0v) is 19.6. The van der Waals surface area contributed by atoms with Crippen molar-refractivity contribution >= 4 is 27.9 Å². The molecule has 0 saturated carbocycles. The van der Waals surface area contributed by atoms with Crippen LogP contribution in [-0.4, -0.2) is 20.2 Å². The van der Waals surface area contributed by atoms with Crippen LogP contribution in [0.4, 0.5) is 0 Å². The van der Waals surface area contributed by atoms with Gasteiger partial charge in [0.15, 0.2) is 17.3 Å². The lowest BCUT2D eigenvalue weighted by molar-refractivity contribution is 0.0727. The van der Waals surface area contributed by atoms with Crippen LogP contribution in [0.1, 0.15) is 15.9 Å². The summed E-state index contributed by atoms with van der Waals surface area (Å²) in [6.45, 7) is 1.86. The van der Waals surface area contributed by atoms with Crippen molar-refractivity contribution in [3.63, 3.8) is 0 Å². The number of aryl methyl sites for hydroxylation is 1. The van der Waals surface area contributed by atoms with Gasteiger partial charge in [0.1, 0.15) is 16.7 Å². The zero-order valence-electron chi connectivity index (χ0n) is 19.6. The van der Waals surface area contributed by atoms with Gasteiger partial charge in [-0.2, -0.15) is 0 Å². The second-order valence-electron chi connectivity index (χ2n) is 8.03. The van der Waals surface area contributed by atoms with E-state index in [2.05, 4.69) is 0 Å². The topological polar surface area (TPSA) is 105 Å². The van der Waals surface area contributed by atoms with Crippen LogP contribution < -0.4 is 25.3 Å². The zero-order chi connectivity index (χ0) is 25.4. The Morgan fingerprint density at radius 2 is 1.58 bits per heavy atom. The number of ether oxygens (including phenoxy) is 3. The van der Waals surface area contributed by atoms with Crippen molar-refractivity contribution in [2.45, 2.75) is 6.92 Å². The van der Waals surface area contributed by atoms with Crippen LogP contribution >= 0.6 is 0 Å². The maximum atomic E-state index is 13.5. The van der Waals surface area contributed by atoms with Gasteiger partial charge in [-0.25, -0.2) is 9.59 Å². The fourth-order valence-corrected chi connectivity index (χ4v) is 3.90. The monoisotopic (exact) mass is 484 g/mol. The molecule has 0 aliphatic rings. The first-order valence-electron chi connectivity index (χ1n) is 10.9. The van der Waals surface area contributed by atoms with Crippen molar-refractivity contribution in [1.29, 1.82) is 0 Å². The Hall–Kier alpha value is -4.85. The van der Waals surface area contributed by atoms with Crippen molar-refractivity contribution in [1.82, 2.24) is 0 Å². The Balaban J connectivity index is 1.69. The summed E-state index contributed by atoms with van der Waals surface area (Å²) < 4.78 is 27.5. The van der Waals surface area contributed by atoms with E-state index in [9.17, 15) is 14.4 Å². The third kappa shape index (κ3) is 3.98. The fourth-order valence-electron chi connectivity index (χ4n) is 3.90. The Morgan fingerprint density at radius 1 is 0.806 bits per heavy atom. The van der Waals surface area contributed by atoms with Gasteiger partial charge in [0.05, 0.1) is 19.6 Å². The van der Waals surface area contributed by atoms with Gasteiger partial charge in [0.25, 0.3) is 0 Å². The van der Waals surface area contributed by atoms with Crippen LogP contribution in [0.5, 0.6) is 17.2 Å². The van der Waals surface area contributed by atoms with Crippen molar-refractivity contribution in [3.05, 3.63) is 98.5 Å². The second kappa shape index (κ2) is 9.07. The molecule has 5 rings (SSSR count). The highest BCUT2D eigenvalue weighted by atomic mass is 16.5. The summed E-state index contributed by atoms with van der Waals surface area (Å²) >= 11 is 0. The molecule has 2 aromatic heterocycles. The van der Waals surface area contributed by atoms with E-state index >= 15 is 0 Å². The normalized spacial score (nSPS) is 11.0. The van der Waals surface area contributed by atoms with Gasteiger partial charge in [0, 0.05) is 10.9 Å². The van der Waals surface area contributed by atoms with Crippen molar-refractivity contribution in [2.75, 3.05) is 14.2 Å². The number of esters is 1. The fraction of sp³-hybridized carbons (Fsp3) is 0.107. The molecule has 0 amide bonds. The Morgan fingerprint density at radius 3 is 2.36 bits per heavy atom. The minimum atomic E-state index is -1.05. The van der Waals surface area contributed by atoms with E-state index in [0.29, 0.717) is 33.6 Å². The number of carbonyl (C=O) groups is 1. The summed E-state index contributed by atoms with van der Waals surface area (Å²) in [6.07, 6.45) is 0. The average Bonchev–Trinajstić information content (AvgIpc) is 2.89. The predicted octanol–water partition coefficient (Wildman–Crippen LogP) is 5.11. The molecule has 36 heavy (non-hydrogen) atoms. The highest BCUT2D eigenvalue weighted by molar-refractivity contribution is 5.95.